The van der Waals surface area contributed by atoms with E-state index in [9.17, 15) is 8.78 Å². The molecule has 0 saturated carbocycles. The van der Waals surface area contributed by atoms with E-state index in [4.69, 9.17) is 12.2 Å². The zero-order chi connectivity index (χ0) is 14.8. The molecule has 0 saturated heterocycles. The van der Waals surface area contributed by atoms with Gasteiger partial charge >= 0.3 is 0 Å². The molecule has 0 aliphatic rings. The number of nitrogens with one attached hydrogen (secondary N) is 1. The van der Waals surface area contributed by atoms with Crippen LogP contribution in [0.3, 0.4) is 0 Å². The fraction of sp³-hybridized carbons (Fsp3) is 0.0714. The average molecular weight is 304 g/mol. The molecule has 0 aliphatic carbocycles. The SMILES string of the molecule is Fc1ccc(Cn2c(-c3ccncc3)n[nH]c2=S)c(F)c1. The summed E-state index contributed by atoms with van der Waals surface area (Å²) < 4.78 is 28.8. The summed E-state index contributed by atoms with van der Waals surface area (Å²) in [6, 6.07) is 7.03. The number of aromatic nitrogens is 4. The highest BCUT2D eigenvalue weighted by Gasteiger charge is 2.11. The molecule has 0 bridgehead atoms. The molecule has 106 valence electrons. The monoisotopic (exact) mass is 304 g/mol. The molecule has 0 unspecified atom stereocenters. The Morgan fingerprint density at radius 3 is 2.62 bits per heavy atom. The van der Waals surface area contributed by atoms with E-state index in [0.717, 1.165) is 11.6 Å². The summed E-state index contributed by atoms with van der Waals surface area (Å²) >= 11 is 5.17. The first-order valence-corrected chi connectivity index (χ1v) is 6.55. The minimum Gasteiger partial charge on any atom is -0.296 e. The smallest absolute Gasteiger partial charge is 0.195 e. The van der Waals surface area contributed by atoms with Crippen LogP contribution < -0.4 is 0 Å². The van der Waals surface area contributed by atoms with Crippen molar-refractivity contribution < 1.29 is 8.78 Å². The Morgan fingerprint density at radius 2 is 1.90 bits per heavy atom. The van der Waals surface area contributed by atoms with E-state index in [1.165, 1.54) is 12.1 Å². The normalized spacial score (nSPS) is 10.8. The number of hydrogen-bond donors (Lipinski definition) is 1. The second-order valence-electron chi connectivity index (χ2n) is 4.41. The van der Waals surface area contributed by atoms with Crippen LogP contribution in [-0.2, 0) is 6.54 Å². The molecule has 2 aromatic heterocycles. The highest BCUT2D eigenvalue weighted by molar-refractivity contribution is 7.71. The molecule has 0 amide bonds. The lowest BCUT2D eigenvalue weighted by Gasteiger charge is -2.08. The van der Waals surface area contributed by atoms with Gasteiger partial charge in [-0.05, 0) is 30.4 Å². The fourth-order valence-corrected chi connectivity index (χ4v) is 2.20. The Kier molecular flexibility index (Phi) is 3.57. The summed E-state index contributed by atoms with van der Waals surface area (Å²) in [6.45, 7) is 0.166. The third-order valence-corrected chi connectivity index (χ3v) is 3.35. The Labute approximate surface area is 124 Å². The summed E-state index contributed by atoms with van der Waals surface area (Å²) in [5.74, 6) is -0.647. The molecule has 0 spiro atoms. The van der Waals surface area contributed by atoms with Crippen molar-refractivity contribution in [1.29, 1.82) is 0 Å². The summed E-state index contributed by atoms with van der Waals surface area (Å²) in [5.41, 5.74) is 1.14. The molecule has 1 N–H and O–H groups in total. The maximum absolute atomic E-state index is 13.8. The van der Waals surface area contributed by atoms with E-state index in [0.29, 0.717) is 16.2 Å². The molecule has 4 nitrogen and oxygen atoms in total. The molecule has 0 radical (unpaired) electrons. The second kappa shape index (κ2) is 5.53. The molecule has 2 heterocycles. The third kappa shape index (κ3) is 2.73. The standard InChI is InChI=1S/C14H10F2N4S/c15-11-2-1-10(12(16)7-11)8-20-13(18-19-14(20)21)9-3-5-17-6-4-9/h1-7H,8H2,(H,19,21). The summed E-state index contributed by atoms with van der Waals surface area (Å²) in [7, 11) is 0. The second-order valence-corrected chi connectivity index (χ2v) is 4.80. The minimum atomic E-state index is -0.612. The molecular formula is C14H10F2N4S. The van der Waals surface area contributed by atoms with Crippen molar-refractivity contribution in [2.45, 2.75) is 6.54 Å². The van der Waals surface area contributed by atoms with E-state index in [2.05, 4.69) is 15.2 Å². The molecule has 7 heteroatoms. The number of hydrogen-bond acceptors (Lipinski definition) is 3. The molecule has 21 heavy (non-hydrogen) atoms. The van der Waals surface area contributed by atoms with Crippen LogP contribution in [0.1, 0.15) is 5.56 Å². The van der Waals surface area contributed by atoms with Crippen molar-refractivity contribution in [3.05, 3.63) is 64.7 Å². The summed E-state index contributed by atoms with van der Waals surface area (Å²) in [6.07, 6.45) is 3.27. The van der Waals surface area contributed by atoms with Crippen LogP contribution in [0.2, 0.25) is 0 Å². The van der Waals surface area contributed by atoms with Crippen molar-refractivity contribution in [3.63, 3.8) is 0 Å². The van der Waals surface area contributed by atoms with Gasteiger partial charge in [-0.25, -0.2) is 8.78 Å². The molecule has 3 aromatic rings. The van der Waals surface area contributed by atoms with E-state index in [1.54, 1.807) is 29.1 Å². The predicted molar refractivity (Wildman–Crippen MR) is 76.1 cm³/mol. The maximum Gasteiger partial charge on any atom is 0.195 e. The largest absolute Gasteiger partial charge is 0.296 e. The maximum atomic E-state index is 13.8. The lowest BCUT2D eigenvalue weighted by Crippen LogP contribution is -2.04. The first-order valence-electron chi connectivity index (χ1n) is 6.14. The van der Waals surface area contributed by atoms with E-state index in [-0.39, 0.29) is 6.54 Å². The highest BCUT2D eigenvalue weighted by atomic mass is 32.1. The van der Waals surface area contributed by atoms with Crippen LogP contribution in [-0.4, -0.2) is 19.7 Å². The molecule has 1 aromatic carbocycles. The molecular weight excluding hydrogens is 294 g/mol. The highest BCUT2D eigenvalue weighted by Crippen LogP contribution is 2.19. The third-order valence-electron chi connectivity index (χ3n) is 3.04. The topological polar surface area (TPSA) is 46.5 Å². The van der Waals surface area contributed by atoms with Gasteiger partial charge < -0.3 is 0 Å². The van der Waals surface area contributed by atoms with Gasteiger partial charge in [0.15, 0.2) is 10.6 Å². The first kappa shape index (κ1) is 13.6. The van der Waals surface area contributed by atoms with E-state index in [1.807, 2.05) is 0 Å². The Morgan fingerprint density at radius 1 is 1.14 bits per heavy atom. The van der Waals surface area contributed by atoms with Crippen LogP contribution in [0.5, 0.6) is 0 Å². The first-order chi connectivity index (χ1) is 10.1. The Bertz CT molecular complexity index is 826. The lowest BCUT2D eigenvalue weighted by atomic mass is 10.2. The lowest BCUT2D eigenvalue weighted by molar-refractivity contribution is 0.566. The van der Waals surface area contributed by atoms with Crippen molar-refractivity contribution in [2.24, 2.45) is 0 Å². The van der Waals surface area contributed by atoms with Crippen LogP contribution in [0.4, 0.5) is 8.78 Å². The summed E-state index contributed by atoms with van der Waals surface area (Å²) in [5, 5.41) is 6.84. The van der Waals surface area contributed by atoms with Gasteiger partial charge in [0.2, 0.25) is 0 Å². The Balaban J connectivity index is 2.03. The molecule has 3 rings (SSSR count). The van der Waals surface area contributed by atoms with Gasteiger partial charge in [-0.15, -0.1) is 0 Å². The van der Waals surface area contributed by atoms with Gasteiger partial charge in [0.1, 0.15) is 11.6 Å². The van der Waals surface area contributed by atoms with Crippen molar-refractivity contribution in [1.82, 2.24) is 19.7 Å². The minimum absolute atomic E-state index is 0.166. The molecule has 0 fully saturated rings. The van der Waals surface area contributed by atoms with E-state index < -0.39 is 11.6 Å². The van der Waals surface area contributed by atoms with Gasteiger partial charge in [-0.2, -0.15) is 5.10 Å². The Hall–Kier alpha value is -2.41. The van der Waals surface area contributed by atoms with Crippen LogP contribution in [0.25, 0.3) is 11.4 Å². The number of rotatable bonds is 3. The van der Waals surface area contributed by atoms with Crippen molar-refractivity contribution in [2.75, 3.05) is 0 Å². The summed E-state index contributed by atoms with van der Waals surface area (Å²) in [4.78, 5) is 3.94. The van der Waals surface area contributed by atoms with Crippen LogP contribution >= 0.6 is 12.2 Å². The van der Waals surface area contributed by atoms with Gasteiger partial charge in [0.05, 0.1) is 6.54 Å². The number of halogens is 2. The van der Waals surface area contributed by atoms with Gasteiger partial charge in [0, 0.05) is 29.6 Å². The van der Waals surface area contributed by atoms with Gasteiger partial charge in [0.25, 0.3) is 0 Å². The molecule has 0 aliphatic heterocycles. The zero-order valence-corrected chi connectivity index (χ0v) is 11.6. The predicted octanol–water partition coefficient (Wildman–Crippen LogP) is 3.33. The van der Waals surface area contributed by atoms with Crippen LogP contribution in [0, 0.1) is 16.4 Å². The van der Waals surface area contributed by atoms with Crippen molar-refractivity contribution in [3.8, 4) is 11.4 Å². The number of aromatic amines is 1. The quantitative estimate of drug-likeness (QED) is 0.755. The number of pyridine rings is 1. The fourth-order valence-electron chi connectivity index (χ4n) is 2.01. The number of H-pyrrole nitrogens is 1. The number of benzene rings is 1. The van der Waals surface area contributed by atoms with E-state index >= 15 is 0 Å². The average Bonchev–Trinajstić information content (AvgIpc) is 2.84. The zero-order valence-electron chi connectivity index (χ0n) is 10.8. The number of nitrogens with zero attached hydrogens (tertiary/aromatic N) is 3. The van der Waals surface area contributed by atoms with Gasteiger partial charge in [-0.1, -0.05) is 6.07 Å². The molecule has 0 atom stereocenters. The van der Waals surface area contributed by atoms with Crippen LogP contribution in [0.15, 0.2) is 42.7 Å². The van der Waals surface area contributed by atoms with Crippen molar-refractivity contribution >= 4 is 12.2 Å². The van der Waals surface area contributed by atoms with Gasteiger partial charge in [-0.3, -0.25) is 14.6 Å².